The number of ether oxygens (including phenoxy) is 1. The van der Waals surface area contributed by atoms with Gasteiger partial charge in [0.1, 0.15) is 17.1 Å². The van der Waals surface area contributed by atoms with Crippen LogP contribution in [0.4, 0.5) is 17.1 Å². The van der Waals surface area contributed by atoms with Gasteiger partial charge in [0.05, 0.1) is 35.3 Å². The maximum Gasteiger partial charge on any atom is 0.258 e. The Bertz CT molecular complexity index is 1470. The topological polar surface area (TPSA) is 90.6 Å². The molecule has 1 fully saturated rings. The molecule has 2 heterocycles. The van der Waals surface area contributed by atoms with Crippen molar-refractivity contribution in [2.45, 2.75) is 26.2 Å². The number of nitrogens with zero attached hydrogens (tertiary/aromatic N) is 3. The van der Waals surface area contributed by atoms with Crippen molar-refractivity contribution in [2.24, 2.45) is 0 Å². The lowest BCUT2D eigenvalue weighted by atomic mass is 10.1. The number of anilines is 3. The van der Waals surface area contributed by atoms with Crippen LogP contribution in [-0.4, -0.2) is 49.0 Å². The van der Waals surface area contributed by atoms with Crippen LogP contribution >= 0.6 is 24.8 Å². The predicted molar refractivity (Wildman–Crippen MR) is 162 cm³/mol. The number of carbonyl (C=O) groups is 2. The lowest BCUT2D eigenvalue weighted by Crippen LogP contribution is -2.33. The molecule has 3 aromatic carbocycles. The first kappa shape index (κ1) is 29.8. The second-order valence-electron chi connectivity index (χ2n) is 9.29. The molecule has 8 nitrogen and oxygen atoms in total. The van der Waals surface area contributed by atoms with Gasteiger partial charge >= 0.3 is 0 Å². The molecule has 206 valence electrons. The molecule has 1 aliphatic rings. The molecule has 5 rings (SSSR count). The Morgan fingerprint density at radius 1 is 1.00 bits per heavy atom. The number of methoxy groups -OCH3 is 1. The van der Waals surface area contributed by atoms with Crippen LogP contribution in [0.5, 0.6) is 5.75 Å². The van der Waals surface area contributed by atoms with Crippen LogP contribution in [0.25, 0.3) is 11.0 Å². The first-order valence-corrected chi connectivity index (χ1v) is 12.5. The molecule has 0 bridgehead atoms. The molecule has 0 atom stereocenters. The second kappa shape index (κ2) is 12.9. The highest BCUT2D eigenvalue weighted by atomic mass is 35.5. The van der Waals surface area contributed by atoms with Crippen LogP contribution < -0.4 is 19.9 Å². The van der Waals surface area contributed by atoms with Gasteiger partial charge in [-0.3, -0.25) is 9.59 Å². The lowest BCUT2D eigenvalue weighted by molar-refractivity contribution is 0.0991. The summed E-state index contributed by atoms with van der Waals surface area (Å²) in [7, 11) is 3.31. The van der Waals surface area contributed by atoms with E-state index in [-0.39, 0.29) is 36.6 Å². The minimum Gasteiger partial charge on any atom is -0.495 e. The Hall–Kier alpha value is -3.75. The van der Waals surface area contributed by atoms with E-state index < -0.39 is 0 Å². The van der Waals surface area contributed by atoms with Crippen LogP contribution in [-0.2, 0) is 0 Å². The fraction of sp³-hybridized carbons (Fsp3) is 0.276. The smallest absolute Gasteiger partial charge is 0.258 e. The van der Waals surface area contributed by atoms with E-state index >= 15 is 0 Å². The highest BCUT2D eigenvalue weighted by molar-refractivity contribution is 6.12. The number of carbonyl (C=O) groups excluding carboxylic acids is 2. The minimum absolute atomic E-state index is 0. The number of imidazole rings is 1. The van der Waals surface area contributed by atoms with Gasteiger partial charge in [0, 0.05) is 25.7 Å². The Labute approximate surface area is 240 Å². The molecular formula is C29H33Cl2N5O3. The van der Waals surface area contributed by atoms with Crippen molar-refractivity contribution in [3.63, 3.8) is 0 Å². The third-order valence-corrected chi connectivity index (χ3v) is 6.82. The van der Waals surface area contributed by atoms with Crippen molar-refractivity contribution >= 4 is 64.7 Å². The normalized spacial score (nSPS) is 12.7. The standard InChI is InChI=1S/C29H31N5O3.2ClH/c1-19-30-23-11-9-10-21(27(23)31-19)28(35)32-22-15-14-20(18-26(22)37-3)29(36)33(2)24-12-5-6-13-25(24)34-16-7-4-8-17-34;;/h5-6,9-15,18H,4,7-8,16-17H2,1-3H3,(H,30,31)(H,32,35);2*1H. The number of rotatable bonds is 6. The molecule has 0 aliphatic carbocycles. The molecule has 2 amide bonds. The molecule has 0 unspecified atom stereocenters. The number of halogens is 2. The third kappa shape index (κ3) is 6.13. The minimum atomic E-state index is -0.304. The van der Waals surface area contributed by atoms with E-state index in [0.717, 1.165) is 48.6 Å². The Balaban J connectivity index is 0.00000210. The number of hydrogen-bond acceptors (Lipinski definition) is 5. The van der Waals surface area contributed by atoms with E-state index in [1.807, 2.05) is 37.3 Å². The van der Waals surface area contributed by atoms with Crippen LogP contribution in [0, 0.1) is 6.92 Å². The maximum absolute atomic E-state index is 13.5. The van der Waals surface area contributed by atoms with Gasteiger partial charge in [-0.05, 0) is 68.7 Å². The van der Waals surface area contributed by atoms with Crippen molar-refractivity contribution in [1.82, 2.24) is 9.97 Å². The number of H-pyrrole nitrogens is 1. The molecule has 0 radical (unpaired) electrons. The number of fused-ring (bicyclic) bond motifs is 1. The zero-order chi connectivity index (χ0) is 25.9. The van der Waals surface area contributed by atoms with E-state index in [2.05, 4.69) is 26.3 Å². The number of piperidine rings is 1. The van der Waals surface area contributed by atoms with Crippen molar-refractivity contribution in [1.29, 1.82) is 0 Å². The Morgan fingerprint density at radius 2 is 1.74 bits per heavy atom. The zero-order valence-corrected chi connectivity index (χ0v) is 23.8. The molecule has 1 aliphatic heterocycles. The molecular weight excluding hydrogens is 537 g/mol. The molecule has 0 spiro atoms. The van der Waals surface area contributed by atoms with Crippen LogP contribution in [0.15, 0.2) is 60.7 Å². The van der Waals surface area contributed by atoms with Crippen LogP contribution in [0.1, 0.15) is 45.8 Å². The molecule has 10 heteroatoms. The molecule has 0 saturated carbocycles. The number of amides is 2. The van der Waals surface area contributed by atoms with Gasteiger partial charge in [0.15, 0.2) is 0 Å². The van der Waals surface area contributed by atoms with Crippen LogP contribution in [0.2, 0.25) is 0 Å². The summed E-state index contributed by atoms with van der Waals surface area (Å²) in [6, 6.07) is 18.5. The first-order chi connectivity index (χ1) is 18.0. The van der Waals surface area contributed by atoms with E-state index in [4.69, 9.17) is 4.74 Å². The zero-order valence-electron chi connectivity index (χ0n) is 22.2. The molecule has 1 aromatic heterocycles. The van der Waals surface area contributed by atoms with Crippen molar-refractivity contribution < 1.29 is 14.3 Å². The average molecular weight is 571 g/mol. The third-order valence-electron chi connectivity index (χ3n) is 6.82. The quantitative estimate of drug-likeness (QED) is 0.286. The summed E-state index contributed by atoms with van der Waals surface area (Å²) in [5.74, 6) is 0.684. The Kier molecular flexibility index (Phi) is 9.83. The molecule has 1 saturated heterocycles. The summed E-state index contributed by atoms with van der Waals surface area (Å²) in [6.07, 6.45) is 3.56. The van der Waals surface area contributed by atoms with Gasteiger partial charge in [0.2, 0.25) is 0 Å². The number of nitrogens with one attached hydrogen (secondary N) is 2. The van der Waals surface area contributed by atoms with E-state index in [9.17, 15) is 9.59 Å². The predicted octanol–water partition coefficient (Wildman–Crippen LogP) is 6.24. The number of aromatic amines is 1. The summed E-state index contributed by atoms with van der Waals surface area (Å²) in [4.78, 5) is 38.2. The van der Waals surface area contributed by atoms with E-state index in [0.29, 0.717) is 28.1 Å². The van der Waals surface area contributed by atoms with Gasteiger partial charge in [-0.1, -0.05) is 18.2 Å². The fourth-order valence-electron chi connectivity index (χ4n) is 4.91. The van der Waals surface area contributed by atoms with E-state index in [1.165, 1.54) is 13.5 Å². The summed E-state index contributed by atoms with van der Waals surface area (Å²) >= 11 is 0. The van der Waals surface area contributed by atoms with E-state index in [1.54, 1.807) is 36.2 Å². The number of benzene rings is 3. The lowest BCUT2D eigenvalue weighted by Gasteiger charge is -2.32. The van der Waals surface area contributed by atoms with Gasteiger partial charge in [-0.2, -0.15) is 0 Å². The molecule has 4 aromatic rings. The fourth-order valence-corrected chi connectivity index (χ4v) is 4.91. The highest BCUT2D eigenvalue weighted by Crippen LogP contribution is 2.33. The highest BCUT2D eigenvalue weighted by Gasteiger charge is 2.22. The number of aromatic nitrogens is 2. The summed E-state index contributed by atoms with van der Waals surface area (Å²) in [6.45, 7) is 3.84. The van der Waals surface area contributed by atoms with Crippen molar-refractivity contribution in [3.8, 4) is 5.75 Å². The van der Waals surface area contributed by atoms with Crippen LogP contribution in [0.3, 0.4) is 0 Å². The maximum atomic E-state index is 13.5. The van der Waals surface area contributed by atoms with Gasteiger partial charge in [0.25, 0.3) is 11.8 Å². The molecule has 39 heavy (non-hydrogen) atoms. The number of aryl methyl sites for hydroxylation is 1. The second-order valence-corrected chi connectivity index (χ2v) is 9.29. The Morgan fingerprint density at radius 3 is 2.49 bits per heavy atom. The number of para-hydroxylation sites is 3. The van der Waals surface area contributed by atoms with Crippen molar-refractivity contribution in [3.05, 3.63) is 77.6 Å². The first-order valence-electron chi connectivity index (χ1n) is 12.5. The van der Waals surface area contributed by atoms with Gasteiger partial charge in [-0.15, -0.1) is 24.8 Å². The number of hydrogen-bond donors (Lipinski definition) is 2. The SMILES string of the molecule is COc1cc(C(=O)N(C)c2ccccc2N2CCCCC2)ccc1NC(=O)c1cccc2[nH]c(C)nc12.Cl.Cl. The monoisotopic (exact) mass is 569 g/mol. The van der Waals surface area contributed by atoms with Gasteiger partial charge in [-0.25, -0.2) is 4.98 Å². The summed E-state index contributed by atoms with van der Waals surface area (Å²) in [5, 5.41) is 2.91. The average Bonchev–Trinajstić information content (AvgIpc) is 3.33. The molecule has 2 N–H and O–H groups in total. The summed E-state index contributed by atoms with van der Waals surface area (Å²) in [5.41, 5.74) is 4.74. The largest absolute Gasteiger partial charge is 0.495 e. The summed E-state index contributed by atoms with van der Waals surface area (Å²) < 4.78 is 5.55. The van der Waals surface area contributed by atoms with Crippen molar-refractivity contribution in [2.75, 3.05) is 42.4 Å². The van der Waals surface area contributed by atoms with Gasteiger partial charge < -0.3 is 24.8 Å².